The van der Waals surface area contributed by atoms with E-state index in [1.807, 2.05) is 12.1 Å². The monoisotopic (exact) mass is 393 g/mol. The molecule has 0 saturated carbocycles. The van der Waals surface area contributed by atoms with Crippen LogP contribution in [0.2, 0.25) is 5.02 Å². The quantitative estimate of drug-likeness (QED) is 0.785. The highest BCUT2D eigenvalue weighted by molar-refractivity contribution is 6.30. The first-order chi connectivity index (χ1) is 13.1. The van der Waals surface area contributed by atoms with Crippen LogP contribution in [0.5, 0.6) is 5.75 Å². The number of fused-ring (bicyclic) bond motifs is 1. The van der Waals surface area contributed by atoms with Crippen molar-refractivity contribution in [3.8, 4) is 5.75 Å². The Balaban J connectivity index is 1.30. The van der Waals surface area contributed by atoms with Gasteiger partial charge >= 0.3 is 0 Å². The van der Waals surface area contributed by atoms with Gasteiger partial charge in [-0.3, -0.25) is 4.90 Å². The molecule has 0 amide bonds. The largest absolute Gasteiger partial charge is 0.493 e. The van der Waals surface area contributed by atoms with E-state index in [9.17, 15) is 8.78 Å². The number of hydrogen-bond donors (Lipinski definition) is 0. The first kappa shape index (κ1) is 18.4. The Morgan fingerprint density at radius 1 is 1.07 bits per heavy atom. The van der Waals surface area contributed by atoms with Gasteiger partial charge in [0.2, 0.25) is 0 Å². The summed E-state index contributed by atoms with van der Waals surface area (Å²) in [7, 11) is 0. The molecule has 0 bridgehead atoms. The maximum atomic E-state index is 13.3. The summed E-state index contributed by atoms with van der Waals surface area (Å²) in [5.41, 5.74) is 0. The summed E-state index contributed by atoms with van der Waals surface area (Å²) < 4.78 is 32.2. The Labute approximate surface area is 162 Å². The van der Waals surface area contributed by atoms with E-state index in [1.165, 1.54) is 12.1 Å². The Kier molecular flexibility index (Phi) is 5.45. The Hall–Kier alpha value is -1.92. The summed E-state index contributed by atoms with van der Waals surface area (Å²) in [5, 5.41) is 0.649. The number of rotatable bonds is 4. The van der Waals surface area contributed by atoms with Gasteiger partial charge in [-0.1, -0.05) is 11.6 Å². The molecule has 2 saturated heterocycles. The van der Waals surface area contributed by atoms with E-state index in [0.29, 0.717) is 23.6 Å². The first-order valence-corrected chi connectivity index (χ1v) is 9.64. The first-order valence-electron chi connectivity index (χ1n) is 9.26. The van der Waals surface area contributed by atoms with Crippen LogP contribution in [0, 0.1) is 17.6 Å². The molecule has 0 radical (unpaired) electrons. The number of hydrogen-bond acceptors (Lipinski definition) is 4. The van der Waals surface area contributed by atoms with Crippen molar-refractivity contribution in [1.82, 2.24) is 9.88 Å². The van der Waals surface area contributed by atoms with E-state index in [0.717, 1.165) is 50.9 Å². The van der Waals surface area contributed by atoms with Gasteiger partial charge in [-0.05, 0) is 25.0 Å². The molecular weight excluding hydrogens is 372 g/mol. The van der Waals surface area contributed by atoms with Gasteiger partial charge in [0.05, 0.1) is 11.6 Å². The smallest absolute Gasteiger partial charge is 0.129 e. The van der Waals surface area contributed by atoms with Crippen LogP contribution >= 0.6 is 11.6 Å². The van der Waals surface area contributed by atoms with Crippen LogP contribution in [0.3, 0.4) is 0 Å². The fraction of sp³-hybridized carbons (Fsp3) is 0.450. The zero-order valence-electron chi connectivity index (χ0n) is 15.0. The molecule has 1 aromatic carbocycles. The van der Waals surface area contributed by atoms with E-state index in [4.69, 9.17) is 16.3 Å². The molecular formula is C20H22ClF2N3O. The van der Waals surface area contributed by atoms with Gasteiger partial charge in [-0.25, -0.2) is 13.8 Å². The van der Waals surface area contributed by atoms with Crippen molar-refractivity contribution in [1.29, 1.82) is 0 Å². The Bertz CT molecular complexity index is 769. The number of aromatic nitrogens is 1. The summed E-state index contributed by atoms with van der Waals surface area (Å²) in [6, 6.07) is 7.65. The number of ether oxygens (including phenoxy) is 1. The second kappa shape index (κ2) is 7.98. The Morgan fingerprint density at radius 3 is 2.63 bits per heavy atom. The predicted octanol–water partition coefficient (Wildman–Crippen LogP) is 3.99. The van der Waals surface area contributed by atoms with E-state index < -0.39 is 11.6 Å². The number of piperidine rings is 1. The van der Waals surface area contributed by atoms with Gasteiger partial charge in [-0.15, -0.1) is 0 Å². The molecule has 2 aromatic rings. The molecule has 0 aliphatic carbocycles. The maximum absolute atomic E-state index is 13.3. The topological polar surface area (TPSA) is 28.6 Å². The summed E-state index contributed by atoms with van der Waals surface area (Å²) in [6.07, 6.45) is 3.81. The van der Waals surface area contributed by atoms with Crippen LogP contribution in [0.25, 0.3) is 0 Å². The molecule has 7 heteroatoms. The van der Waals surface area contributed by atoms with E-state index >= 15 is 0 Å². The van der Waals surface area contributed by atoms with Crippen molar-refractivity contribution in [3.05, 3.63) is 53.2 Å². The molecule has 2 aliphatic heterocycles. The Morgan fingerprint density at radius 2 is 1.89 bits per heavy atom. The number of piperazine rings is 1. The minimum atomic E-state index is -0.611. The maximum Gasteiger partial charge on any atom is 0.129 e. The molecule has 0 spiro atoms. The third-order valence-electron chi connectivity index (χ3n) is 5.36. The van der Waals surface area contributed by atoms with Crippen LogP contribution < -0.4 is 9.64 Å². The molecule has 2 atom stereocenters. The summed E-state index contributed by atoms with van der Waals surface area (Å²) >= 11 is 5.93. The van der Waals surface area contributed by atoms with Crippen molar-refractivity contribution in [3.63, 3.8) is 0 Å². The highest BCUT2D eigenvalue weighted by Crippen LogP contribution is 2.28. The van der Waals surface area contributed by atoms with Gasteiger partial charge in [0.15, 0.2) is 0 Å². The fourth-order valence-corrected chi connectivity index (χ4v) is 4.10. The molecule has 2 fully saturated rings. The van der Waals surface area contributed by atoms with Gasteiger partial charge in [0.1, 0.15) is 23.2 Å². The van der Waals surface area contributed by atoms with Gasteiger partial charge in [-0.2, -0.15) is 0 Å². The molecule has 4 rings (SSSR count). The van der Waals surface area contributed by atoms with Crippen molar-refractivity contribution in [2.75, 3.05) is 37.7 Å². The van der Waals surface area contributed by atoms with E-state index in [1.54, 1.807) is 6.20 Å². The second-order valence-electron chi connectivity index (χ2n) is 7.29. The molecule has 2 aliphatic rings. The van der Waals surface area contributed by atoms with E-state index in [-0.39, 0.29) is 5.75 Å². The van der Waals surface area contributed by atoms with Crippen molar-refractivity contribution in [2.24, 2.45) is 5.92 Å². The van der Waals surface area contributed by atoms with Crippen LogP contribution in [0.1, 0.15) is 12.8 Å². The zero-order valence-corrected chi connectivity index (χ0v) is 15.7. The summed E-state index contributed by atoms with van der Waals surface area (Å²) in [5.74, 6) is 0.375. The lowest BCUT2D eigenvalue weighted by Crippen LogP contribution is -2.57. The molecule has 27 heavy (non-hydrogen) atoms. The van der Waals surface area contributed by atoms with Crippen molar-refractivity contribution < 1.29 is 13.5 Å². The standard InChI is InChI=1S/C20H22ClF2N3O/c21-15-2-4-20(24-10-15)26-6-5-25-11-14(1-3-18(25)12-26)13-27-19-8-16(22)7-17(23)9-19/h2,4,7-10,14,18H,1,3,5-6,11-13H2/t14-,18-/m0/s1. The van der Waals surface area contributed by atoms with Crippen LogP contribution in [0.4, 0.5) is 14.6 Å². The third-order valence-corrected chi connectivity index (χ3v) is 5.59. The van der Waals surface area contributed by atoms with Crippen LogP contribution in [-0.2, 0) is 0 Å². The number of pyridine rings is 1. The molecule has 1 aromatic heterocycles. The lowest BCUT2D eigenvalue weighted by Gasteiger charge is -2.46. The summed E-state index contributed by atoms with van der Waals surface area (Å²) in [4.78, 5) is 9.23. The molecule has 3 heterocycles. The number of anilines is 1. The summed E-state index contributed by atoms with van der Waals surface area (Å²) in [6.45, 7) is 4.28. The SMILES string of the molecule is Fc1cc(F)cc(OC[C@H]2CC[C@H]3CN(c4ccc(Cl)cn4)CCN3C2)c1. The molecule has 0 N–H and O–H groups in total. The number of benzene rings is 1. The predicted molar refractivity (Wildman–Crippen MR) is 101 cm³/mol. The van der Waals surface area contributed by atoms with Gasteiger partial charge in [0.25, 0.3) is 0 Å². The highest BCUT2D eigenvalue weighted by Gasteiger charge is 2.33. The number of nitrogens with zero attached hydrogens (tertiary/aromatic N) is 3. The fourth-order valence-electron chi connectivity index (χ4n) is 3.98. The van der Waals surface area contributed by atoms with Gasteiger partial charge < -0.3 is 9.64 Å². The molecule has 4 nitrogen and oxygen atoms in total. The highest BCUT2D eigenvalue weighted by atomic mass is 35.5. The average molecular weight is 394 g/mol. The van der Waals surface area contributed by atoms with Crippen LogP contribution in [-0.4, -0.2) is 48.7 Å². The minimum Gasteiger partial charge on any atom is -0.493 e. The van der Waals surface area contributed by atoms with Crippen LogP contribution in [0.15, 0.2) is 36.5 Å². The van der Waals surface area contributed by atoms with E-state index in [2.05, 4.69) is 14.8 Å². The zero-order chi connectivity index (χ0) is 18.8. The normalized spacial score (nSPS) is 23.1. The lowest BCUT2D eigenvalue weighted by molar-refractivity contribution is 0.0726. The molecule has 144 valence electrons. The third kappa shape index (κ3) is 4.50. The average Bonchev–Trinajstić information content (AvgIpc) is 2.66. The number of halogens is 3. The molecule has 0 unspecified atom stereocenters. The van der Waals surface area contributed by atoms with Gasteiger partial charge in [0, 0.05) is 62.5 Å². The van der Waals surface area contributed by atoms with Crippen molar-refractivity contribution >= 4 is 17.4 Å². The van der Waals surface area contributed by atoms with Crippen molar-refractivity contribution in [2.45, 2.75) is 18.9 Å². The second-order valence-corrected chi connectivity index (χ2v) is 7.73. The minimum absolute atomic E-state index is 0.258. The lowest BCUT2D eigenvalue weighted by atomic mass is 9.91.